The Balaban J connectivity index is 1.32. The van der Waals surface area contributed by atoms with Crippen molar-refractivity contribution in [2.45, 2.75) is 6.54 Å². The third-order valence-corrected chi connectivity index (χ3v) is 6.27. The molecule has 30 heavy (non-hydrogen) atoms. The summed E-state index contributed by atoms with van der Waals surface area (Å²) in [4.78, 5) is 17.1. The number of nitrogens with zero attached hydrogens (tertiary/aromatic N) is 2. The van der Waals surface area contributed by atoms with E-state index in [0.717, 1.165) is 46.7 Å². The molecular formula is C24H23FIN3O. The van der Waals surface area contributed by atoms with Gasteiger partial charge in [0.1, 0.15) is 5.82 Å². The van der Waals surface area contributed by atoms with Crippen LogP contribution >= 0.6 is 22.6 Å². The van der Waals surface area contributed by atoms with Gasteiger partial charge in [-0.3, -0.25) is 9.69 Å². The minimum atomic E-state index is -0.136. The molecule has 3 aromatic carbocycles. The highest BCUT2D eigenvalue weighted by atomic mass is 127. The minimum Gasteiger partial charge on any atom is -0.369 e. The normalized spacial score (nSPS) is 14.5. The minimum absolute atomic E-state index is 0.102. The standard InChI is InChI=1S/C24H23FIN3O/c25-22-7-3-1-5-18(22)17-28-13-15-29(16-14-28)20-11-9-19(10-12-20)27-24(30)21-6-2-4-8-23(21)26/h1-12H,13-17H2,(H,27,30). The van der Waals surface area contributed by atoms with Crippen LogP contribution in [0.3, 0.4) is 0 Å². The molecular weight excluding hydrogens is 492 g/mol. The van der Waals surface area contributed by atoms with E-state index in [1.54, 1.807) is 6.07 Å². The molecule has 0 bridgehead atoms. The molecule has 0 aromatic heterocycles. The summed E-state index contributed by atoms with van der Waals surface area (Å²) in [7, 11) is 0. The SMILES string of the molecule is O=C(Nc1ccc(N2CCN(Cc3ccccc3F)CC2)cc1)c1ccccc1I. The first-order valence-corrected chi connectivity index (χ1v) is 11.0. The first-order valence-electron chi connectivity index (χ1n) is 9.97. The maximum Gasteiger partial charge on any atom is 0.256 e. The van der Waals surface area contributed by atoms with E-state index in [2.05, 4.69) is 37.7 Å². The van der Waals surface area contributed by atoms with Gasteiger partial charge in [-0.2, -0.15) is 0 Å². The van der Waals surface area contributed by atoms with Crippen molar-refractivity contribution >= 4 is 39.9 Å². The predicted molar refractivity (Wildman–Crippen MR) is 127 cm³/mol. The molecule has 1 amide bonds. The summed E-state index contributed by atoms with van der Waals surface area (Å²) in [5.41, 5.74) is 3.33. The number of rotatable bonds is 5. The number of carbonyl (C=O) groups is 1. The lowest BCUT2D eigenvalue weighted by atomic mass is 10.1. The van der Waals surface area contributed by atoms with Gasteiger partial charge in [0.25, 0.3) is 5.91 Å². The lowest BCUT2D eigenvalue weighted by Gasteiger charge is -2.36. The van der Waals surface area contributed by atoms with Gasteiger partial charge in [0.15, 0.2) is 0 Å². The van der Waals surface area contributed by atoms with Gasteiger partial charge in [-0.05, 0) is 65.1 Å². The van der Waals surface area contributed by atoms with Gasteiger partial charge in [0, 0.05) is 53.2 Å². The molecule has 0 unspecified atom stereocenters. The molecule has 1 aliphatic heterocycles. The van der Waals surface area contributed by atoms with Crippen molar-refractivity contribution in [2.75, 3.05) is 36.4 Å². The van der Waals surface area contributed by atoms with Crippen LogP contribution in [0.4, 0.5) is 15.8 Å². The number of carbonyl (C=O) groups excluding carboxylic acids is 1. The fourth-order valence-electron chi connectivity index (χ4n) is 3.63. The average molecular weight is 515 g/mol. The van der Waals surface area contributed by atoms with E-state index < -0.39 is 0 Å². The van der Waals surface area contributed by atoms with Gasteiger partial charge in [0.2, 0.25) is 0 Å². The molecule has 1 saturated heterocycles. The Hall–Kier alpha value is -2.45. The summed E-state index contributed by atoms with van der Waals surface area (Å²) in [6.45, 7) is 4.20. The average Bonchev–Trinajstić information content (AvgIpc) is 2.77. The van der Waals surface area contributed by atoms with Gasteiger partial charge >= 0.3 is 0 Å². The Morgan fingerprint density at radius 3 is 2.27 bits per heavy atom. The number of piperazine rings is 1. The zero-order valence-electron chi connectivity index (χ0n) is 16.5. The van der Waals surface area contributed by atoms with Crippen LogP contribution < -0.4 is 10.2 Å². The highest BCUT2D eigenvalue weighted by Crippen LogP contribution is 2.21. The summed E-state index contributed by atoms with van der Waals surface area (Å²) >= 11 is 2.17. The lowest BCUT2D eigenvalue weighted by Crippen LogP contribution is -2.46. The molecule has 0 aliphatic carbocycles. The van der Waals surface area contributed by atoms with E-state index >= 15 is 0 Å². The highest BCUT2D eigenvalue weighted by Gasteiger charge is 2.18. The van der Waals surface area contributed by atoms with Gasteiger partial charge in [-0.1, -0.05) is 30.3 Å². The maximum atomic E-state index is 13.9. The Labute approximate surface area is 189 Å². The van der Waals surface area contributed by atoms with Gasteiger partial charge in [-0.15, -0.1) is 0 Å². The molecule has 0 atom stereocenters. The fraction of sp³-hybridized carbons (Fsp3) is 0.208. The molecule has 4 nitrogen and oxygen atoms in total. The molecule has 1 aliphatic rings. The van der Waals surface area contributed by atoms with E-state index in [4.69, 9.17) is 0 Å². The van der Waals surface area contributed by atoms with Crippen LogP contribution in [-0.2, 0) is 6.54 Å². The number of anilines is 2. The Morgan fingerprint density at radius 1 is 0.900 bits per heavy atom. The van der Waals surface area contributed by atoms with Crippen molar-refractivity contribution in [1.82, 2.24) is 4.90 Å². The van der Waals surface area contributed by atoms with Gasteiger partial charge in [-0.25, -0.2) is 4.39 Å². The molecule has 3 aromatic rings. The van der Waals surface area contributed by atoms with Gasteiger partial charge < -0.3 is 10.2 Å². The maximum absolute atomic E-state index is 13.9. The summed E-state index contributed by atoms with van der Waals surface area (Å²) in [6.07, 6.45) is 0. The monoisotopic (exact) mass is 515 g/mol. The number of benzene rings is 3. The van der Waals surface area contributed by atoms with E-state index in [9.17, 15) is 9.18 Å². The van der Waals surface area contributed by atoms with Crippen LogP contribution in [0.25, 0.3) is 0 Å². The molecule has 4 rings (SSSR count). The molecule has 6 heteroatoms. The quantitative estimate of drug-likeness (QED) is 0.486. The van der Waals surface area contributed by atoms with Crippen molar-refractivity contribution < 1.29 is 9.18 Å². The van der Waals surface area contributed by atoms with Crippen molar-refractivity contribution in [3.8, 4) is 0 Å². The number of amides is 1. The molecule has 0 spiro atoms. The van der Waals surface area contributed by atoms with E-state index in [0.29, 0.717) is 12.1 Å². The molecule has 0 saturated carbocycles. The molecule has 1 N–H and O–H groups in total. The predicted octanol–water partition coefficient (Wildman–Crippen LogP) is 5.00. The number of hydrogen-bond donors (Lipinski definition) is 1. The van der Waals surface area contributed by atoms with Gasteiger partial charge in [0.05, 0.1) is 5.56 Å². The van der Waals surface area contributed by atoms with Crippen LogP contribution in [0.15, 0.2) is 72.8 Å². The van der Waals surface area contributed by atoms with E-state index in [1.807, 2.05) is 60.7 Å². The van der Waals surface area contributed by atoms with Crippen molar-refractivity contribution in [3.05, 3.63) is 93.3 Å². The third kappa shape index (κ3) is 4.99. The number of nitrogens with one attached hydrogen (secondary N) is 1. The van der Waals surface area contributed by atoms with E-state index in [-0.39, 0.29) is 11.7 Å². The summed E-state index contributed by atoms with van der Waals surface area (Å²) in [5.74, 6) is -0.239. The summed E-state index contributed by atoms with van der Waals surface area (Å²) < 4.78 is 14.8. The zero-order chi connectivity index (χ0) is 20.9. The lowest BCUT2D eigenvalue weighted by molar-refractivity contribution is 0.102. The molecule has 1 heterocycles. The van der Waals surface area contributed by atoms with Crippen LogP contribution in [0.1, 0.15) is 15.9 Å². The zero-order valence-corrected chi connectivity index (χ0v) is 18.7. The first kappa shape index (κ1) is 20.8. The van der Waals surface area contributed by atoms with Crippen LogP contribution in [0.5, 0.6) is 0 Å². The van der Waals surface area contributed by atoms with E-state index in [1.165, 1.54) is 6.07 Å². The van der Waals surface area contributed by atoms with Crippen molar-refractivity contribution in [3.63, 3.8) is 0 Å². The third-order valence-electron chi connectivity index (χ3n) is 5.33. The smallest absolute Gasteiger partial charge is 0.256 e. The Kier molecular flexibility index (Phi) is 6.64. The second kappa shape index (κ2) is 9.57. The fourth-order valence-corrected chi connectivity index (χ4v) is 4.26. The van der Waals surface area contributed by atoms with Crippen LogP contribution in [0, 0.1) is 9.39 Å². The largest absolute Gasteiger partial charge is 0.369 e. The van der Waals surface area contributed by atoms with Crippen molar-refractivity contribution in [2.24, 2.45) is 0 Å². The second-order valence-electron chi connectivity index (χ2n) is 7.34. The number of hydrogen-bond acceptors (Lipinski definition) is 3. The first-order chi connectivity index (χ1) is 14.6. The van der Waals surface area contributed by atoms with Crippen LogP contribution in [0.2, 0.25) is 0 Å². The second-order valence-corrected chi connectivity index (χ2v) is 8.50. The molecule has 1 fully saturated rings. The summed E-state index contributed by atoms with van der Waals surface area (Å²) in [6, 6.07) is 22.5. The van der Waals surface area contributed by atoms with Crippen molar-refractivity contribution in [1.29, 1.82) is 0 Å². The molecule has 154 valence electrons. The Bertz CT molecular complexity index is 1020. The highest BCUT2D eigenvalue weighted by molar-refractivity contribution is 14.1. The topological polar surface area (TPSA) is 35.6 Å². The molecule has 0 radical (unpaired) electrons. The van der Waals surface area contributed by atoms with Crippen LogP contribution in [-0.4, -0.2) is 37.0 Å². The number of halogens is 2. The summed E-state index contributed by atoms with van der Waals surface area (Å²) in [5, 5.41) is 2.96. The Morgan fingerprint density at radius 2 is 1.57 bits per heavy atom.